The fourth-order valence-electron chi connectivity index (χ4n) is 1.77. The molecule has 0 aliphatic carbocycles. The molecule has 2 rings (SSSR count). The van der Waals surface area contributed by atoms with Crippen molar-refractivity contribution in [2.24, 2.45) is 0 Å². The number of carbonyl (C=O) groups excluding carboxylic acids is 1. The predicted octanol–water partition coefficient (Wildman–Crippen LogP) is 3.01. The van der Waals surface area contributed by atoms with E-state index in [2.05, 4.69) is 33.5 Å². The first-order valence-corrected chi connectivity index (χ1v) is 8.14. The first-order valence-electron chi connectivity index (χ1n) is 6.38. The van der Waals surface area contributed by atoms with Crippen LogP contribution in [0.25, 0.3) is 0 Å². The summed E-state index contributed by atoms with van der Waals surface area (Å²) in [6, 6.07) is 8.41. The minimum atomic E-state index is 0.0555. The molecule has 2 N–H and O–H groups in total. The zero-order valence-corrected chi connectivity index (χ0v) is 12.5. The van der Waals surface area contributed by atoms with Crippen LogP contribution in [0.5, 0.6) is 0 Å². The molecule has 0 aliphatic rings. The highest BCUT2D eigenvalue weighted by atomic mass is 32.1. The second-order valence-electron chi connectivity index (χ2n) is 4.19. The Morgan fingerprint density at radius 3 is 2.32 bits per heavy atom. The summed E-state index contributed by atoms with van der Waals surface area (Å²) < 4.78 is 0. The van der Waals surface area contributed by atoms with Gasteiger partial charge in [-0.2, -0.15) is 0 Å². The van der Waals surface area contributed by atoms with Gasteiger partial charge in [0.2, 0.25) is 5.91 Å². The van der Waals surface area contributed by atoms with Gasteiger partial charge in [-0.05, 0) is 29.3 Å². The fourth-order valence-corrected chi connectivity index (χ4v) is 3.48. The third-order valence-electron chi connectivity index (χ3n) is 2.69. The number of hydrogen-bond donors (Lipinski definition) is 2. The van der Waals surface area contributed by atoms with Crippen molar-refractivity contribution in [2.75, 3.05) is 13.1 Å². The summed E-state index contributed by atoms with van der Waals surface area (Å²) in [5.74, 6) is 0.0555. The third-order valence-corrected chi connectivity index (χ3v) is 4.57. The summed E-state index contributed by atoms with van der Waals surface area (Å²) in [7, 11) is 0. The first-order chi connectivity index (χ1) is 9.31. The van der Waals surface area contributed by atoms with Gasteiger partial charge in [0.05, 0.1) is 12.6 Å². The standard InChI is InChI=1S/C14H18N2OS2/c1-2-7-15-13(17)10-16-14(11-5-3-8-18-11)12-6-4-9-19-12/h3-6,8-9,14,16H,2,7,10H2,1H3,(H,15,17). The Labute approximate surface area is 121 Å². The Morgan fingerprint density at radius 1 is 1.21 bits per heavy atom. The van der Waals surface area contributed by atoms with Gasteiger partial charge in [0, 0.05) is 16.3 Å². The Kier molecular flexibility index (Phi) is 5.57. The maximum Gasteiger partial charge on any atom is 0.233 e. The summed E-state index contributed by atoms with van der Waals surface area (Å²) in [6.07, 6.45) is 0.963. The molecule has 0 radical (unpaired) electrons. The van der Waals surface area contributed by atoms with Crippen molar-refractivity contribution in [1.82, 2.24) is 10.6 Å². The van der Waals surface area contributed by atoms with E-state index in [9.17, 15) is 4.79 Å². The molecule has 0 saturated heterocycles. The van der Waals surface area contributed by atoms with E-state index < -0.39 is 0 Å². The monoisotopic (exact) mass is 294 g/mol. The highest BCUT2D eigenvalue weighted by Crippen LogP contribution is 2.28. The van der Waals surface area contributed by atoms with Gasteiger partial charge in [-0.15, -0.1) is 22.7 Å². The summed E-state index contributed by atoms with van der Waals surface area (Å²) in [5, 5.41) is 10.4. The smallest absolute Gasteiger partial charge is 0.233 e. The quantitative estimate of drug-likeness (QED) is 0.824. The van der Waals surface area contributed by atoms with E-state index in [1.165, 1.54) is 9.75 Å². The van der Waals surface area contributed by atoms with Gasteiger partial charge < -0.3 is 5.32 Å². The zero-order valence-electron chi connectivity index (χ0n) is 10.9. The lowest BCUT2D eigenvalue weighted by molar-refractivity contribution is -0.120. The molecular formula is C14H18N2OS2. The van der Waals surface area contributed by atoms with Crippen LogP contribution in [0.3, 0.4) is 0 Å². The van der Waals surface area contributed by atoms with Crippen LogP contribution < -0.4 is 10.6 Å². The Bertz CT molecular complexity index is 445. The molecule has 1 amide bonds. The molecule has 2 aromatic rings. The van der Waals surface area contributed by atoms with Gasteiger partial charge in [-0.1, -0.05) is 19.1 Å². The maximum absolute atomic E-state index is 11.7. The second-order valence-corrected chi connectivity index (χ2v) is 6.15. The van der Waals surface area contributed by atoms with E-state index in [1.54, 1.807) is 22.7 Å². The van der Waals surface area contributed by atoms with Crippen LogP contribution >= 0.6 is 22.7 Å². The number of nitrogens with one attached hydrogen (secondary N) is 2. The molecule has 2 aromatic heterocycles. The van der Waals surface area contributed by atoms with E-state index in [0.717, 1.165) is 13.0 Å². The summed E-state index contributed by atoms with van der Waals surface area (Å²) in [4.78, 5) is 14.2. The largest absolute Gasteiger partial charge is 0.355 e. The SMILES string of the molecule is CCCNC(=O)CNC(c1cccs1)c1cccs1. The number of rotatable bonds is 7. The van der Waals surface area contributed by atoms with Crippen LogP contribution in [0, 0.1) is 0 Å². The number of hydrogen-bond acceptors (Lipinski definition) is 4. The van der Waals surface area contributed by atoms with Crippen molar-refractivity contribution < 1.29 is 4.79 Å². The van der Waals surface area contributed by atoms with Gasteiger partial charge in [0.25, 0.3) is 0 Å². The van der Waals surface area contributed by atoms with Gasteiger partial charge in [-0.25, -0.2) is 0 Å². The molecule has 0 aliphatic heterocycles. The Balaban J connectivity index is 1.98. The molecule has 0 bridgehead atoms. The molecule has 0 spiro atoms. The first kappa shape index (κ1) is 14.2. The fraction of sp³-hybridized carbons (Fsp3) is 0.357. The summed E-state index contributed by atoms with van der Waals surface area (Å²) in [6.45, 7) is 3.14. The molecule has 0 atom stereocenters. The van der Waals surface area contributed by atoms with Crippen LogP contribution in [-0.4, -0.2) is 19.0 Å². The average molecular weight is 294 g/mol. The van der Waals surface area contributed by atoms with Crippen molar-refractivity contribution in [1.29, 1.82) is 0 Å². The lowest BCUT2D eigenvalue weighted by Gasteiger charge is -2.15. The van der Waals surface area contributed by atoms with Crippen LogP contribution in [0.2, 0.25) is 0 Å². The van der Waals surface area contributed by atoms with Crippen molar-refractivity contribution in [2.45, 2.75) is 19.4 Å². The zero-order chi connectivity index (χ0) is 13.5. The van der Waals surface area contributed by atoms with E-state index >= 15 is 0 Å². The average Bonchev–Trinajstić information content (AvgIpc) is 3.09. The number of carbonyl (C=O) groups is 1. The Morgan fingerprint density at radius 2 is 1.84 bits per heavy atom. The summed E-state index contributed by atoms with van der Waals surface area (Å²) >= 11 is 3.42. The van der Waals surface area contributed by atoms with Crippen LogP contribution in [-0.2, 0) is 4.79 Å². The molecule has 19 heavy (non-hydrogen) atoms. The molecule has 0 saturated carbocycles. The van der Waals surface area contributed by atoms with Crippen molar-refractivity contribution >= 4 is 28.6 Å². The summed E-state index contributed by atoms with van der Waals surface area (Å²) in [5.41, 5.74) is 0. The van der Waals surface area contributed by atoms with E-state index in [-0.39, 0.29) is 11.9 Å². The van der Waals surface area contributed by atoms with E-state index in [4.69, 9.17) is 0 Å². The molecule has 5 heteroatoms. The number of amides is 1. The van der Waals surface area contributed by atoms with Crippen LogP contribution in [0.4, 0.5) is 0 Å². The van der Waals surface area contributed by atoms with Gasteiger partial charge in [-0.3, -0.25) is 10.1 Å². The van der Waals surface area contributed by atoms with Gasteiger partial charge in [0.1, 0.15) is 0 Å². The van der Waals surface area contributed by atoms with Crippen LogP contribution in [0.1, 0.15) is 29.1 Å². The molecule has 3 nitrogen and oxygen atoms in total. The van der Waals surface area contributed by atoms with E-state index in [0.29, 0.717) is 6.54 Å². The highest BCUT2D eigenvalue weighted by Gasteiger charge is 2.16. The molecular weight excluding hydrogens is 276 g/mol. The molecule has 0 fully saturated rings. The topological polar surface area (TPSA) is 41.1 Å². The molecule has 102 valence electrons. The van der Waals surface area contributed by atoms with Crippen molar-refractivity contribution in [3.63, 3.8) is 0 Å². The Hall–Kier alpha value is -1.17. The molecule has 0 aromatic carbocycles. The minimum absolute atomic E-state index is 0.0555. The van der Waals surface area contributed by atoms with Crippen molar-refractivity contribution in [3.05, 3.63) is 44.8 Å². The highest BCUT2D eigenvalue weighted by molar-refractivity contribution is 7.11. The van der Waals surface area contributed by atoms with E-state index in [1.807, 2.05) is 19.1 Å². The third kappa shape index (κ3) is 4.16. The molecule has 0 unspecified atom stereocenters. The molecule has 2 heterocycles. The number of thiophene rings is 2. The lowest BCUT2D eigenvalue weighted by atomic mass is 10.2. The van der Waals surface area contributed by atoms with Gasteiger partial charge >= 0.3 is 0 Å². The lowest BCUT2D eigenvalue weighted by Crippen LogP contribution is -2.36. The van der Waals surface area contributed by atoms with Gasteiger partial charge in [0.15, 0.2) is 0 Å². The minimum Gasteiger partial charge on any atom is -0.355 e. The normalized spacial score (nSPS) is 10.8. The van der Waals surface area contributed by atoms with Crippen LogP contribution in [0.15, 0.2) is 35.0 Å². The second kappa shape index (κ2) is 7.43. The maximum atomic E-state index is 11.7. The van der Waals surface area contributed by atoms with Crippen molar-refractivity contribution in [3.8, 4) is 0 Å². The predicted molar refractivity (Wildman–Crippen MR) is 81.8 cm³/mol.